The molecule has 174 valence electrons. The predicted molar refractivity (Wildman–Crippen MR) is 109 cm³/mol. The number of imidazole rings is 1. The van der Waals surface area contributed by atoms with E-state index < -0.39 is 20.0 Å². The molecule has 4 rings (SSSR count). The first-order chi connectivity index (χ1) is 14.8. The van der Waals surface area contributed by atoms with E-state index in [1.54, 1.807) is 0 Å². The fourth-order valence-electron chi connectivity index (χ4n) is 3.00. The molecule has 3 heterocycles. The van der Waals surface area contributed by atoms with Crippen LogP contribution >= 0.6 is 11.6 Å². The van der Waals surface area contributed by atoms with Crippen LogP contribution in [0.4, 0.5) is 11.5 Å². The van der Waals surface area contributed by atoms with E-state index in [2.05, 4.69) is 4.98 Å². The standard InChI is InChI=1S/C10H11NO6S.C7H8ClN3O3/c1-6-8(4-7-5-17-7)9(11(12)13)2-3-10(6)18(14,15)16;1-7(4-14-7)3-10-2-5(11(12)13)9-6(10)8/h2-3,7H,4-5H2,1H3,(H,14,15,16);2H,3-4H2,1H3/t2*7-/m10/s1. The lowest BCUT2D eigenvalue weighted by atomic mass is 10.0. The van der Waals surface area contributed by atoms with Crippen LogP contribution in [0.25, 0.3) is 0 Å². The summed E-state index contributed by atoms with van der Waals surface area (Å²) in [6.45, 7) is 5.00. The highest BCUT2D eigenvalue weighted by Crippen LogP contribution is 2.31. The lowest BCUT2D eigenvalue weighted by Gasteiger charge is -2.09. The maximum Gasteiger partial charge on any atom is 0.383 e. The Morgan fingerprint density at radius 1 is 1.34 bits per heavy atom. The Bertz CT molecular complexity index is 1170. The van der Waals surface area contributed by atoms with Crippen LogP contribution in [0.1, 0.15) is 18.1 Å². The fourth-order valence-corrected chi connectivity index (χ4v) is 3.94. The van der Waals surface area contributed by atoms with E-state index >= 15 is 0 Å². The first-order valence-corrected chi connectivity index (χ1v) is 11.0. The fraction of sp³-hybridized carbons (Fsp3) is 0.471. The quantitative estimate of drug-likeness (QED) is 0.261. The molecule has 1 aromatic carbocycles. The predicted octanol–water partition coefficient (Wildman–Crippen LogP) is 2.32. The lowest BCUT2D eigenvalue weighted by molar-refractivity contribution is -0.389. The summed E-state index contributed by atoms with van der Waals surface area (Å²) in [7, 11) is -4.38. The van der Waals surface area contributed by atoms with Crippen LogP contribution in [0.2, 0.25) is 5.28 Å². The van der Waals surface area contributed by atoms with Gasteiger partial charge in [0, 0.05) is 18.1 Å². The van der Waals surface area contributed by atoms with Crippen LogP contribution in [0.15, 0.2) is 23.2 Å². The third kappa shape index (κ3) is 5.77. The average molecular weight is 491 g/mol. The van der Waals surface area contributed by atoms with Crippen LogP contribution in [0.3, 0.4) is 0 Å². The molecule has 0 radical (unpaired) electrons. The van der Waals surface area contributed by atoms with Crippen LogP contribution in [0.5, 0.6) is 0 Å². The first-order valence-electron chi connectivity index (χ1n) is 9.18. The Labute approximate surface area is 187 Å². The minimum atomic E-state index is -4.38. The molecule has 0 unspecified atom stereocenters. The molecule has 0 spiro atoms. The first kappa shape index (κ1) is 24.0. The molecule has 2 fully saturated rings. The normalized spacial score (nSPS) is 21.4. The van der Waals surface area contributed by atoms with Crippen molar-refractivity contribution in [3.8, 4) is 0 Å². The van der Waals surface area contributed by atoms with Gasteiger partial charge in [0.2, 0.25) is 0 Å². The Morgan fingerprint density at radius 2 is 1.97 bits per heavy atom. The van der Waals surface area contributed by atoms with Crippen molar-refractivity contribution in [1.82, 2.24) is 9.55 Å². The molecule has 15 heteroatoms. The molecule has 1 N–H and O–H groups in total. The van der Waals surface area contributed by atoms with Gasteiger partial charge in [-0.25, -0.2) is 0 Å². The van der Waals surface area contributed by atoms with Crippen molar-refractivity contribution in [2.45, 2.75) is 43.4 Å². The topological polar surface area (TPSA) is 184 Å². The summed E-state index contributed by atoms with van der Waals surface area (Å²) in [5, 5.41) is 21.4. The van der Waals surface area contributed by atoms with Gasteiger partial charge in [0.1, 0.15) is 11.8 Å². The molecule has 2 aliphatic rings. The highest BCUT2D eigenvalue weighted by Gasteiger charge is 2.40. The Kier molecular flexibility index (Phi) is 6.53. The summed E-state index contributed by atoms with van der Waals surface area (Å²) in [6, 6.07) is 2.13. The van der Waals surface area contributed by atoms with E-state index in [9.17, 15) is 28.6 Å². The SMILES string of the molecule is C[C@]1(Cn2cc([N+](=O)[O-])nc2Cl)CO1.Cc1c(S(=O)(=O)O)ccc([N+](=O)[O-])c1C[C@@H]1CO1. The van der Waals surface area contributed by atoms with Gasteiger partial charge >= 0.3 is 11.1 Å². The second-order valence-electron chi connectivity index (χ2n) is 7.57. The Morgan fingerprint density at radius 3 is 2.41 bits per heavy atom. The van der Waals surface area contributed by atoms with E-state index in [0.717, 1.165) is 12.1 Å². The minimum Gasteiger partial charge on any atom is -0.373 e. The van der Waals surface area contributed by atoms with Gasteiger partial charge in [0.15, 0.2) is 0 Å². The van der Waals surface area contributed by atoms with Crippen molar-refractivity contribution in [2.75, 3.05) is 13.2 Å². The van der Waals surface area contributed by atoms with Crippen molar-refractivity contribution in [1.29, 1.82) is 0 Å². The summed E-state index contributed by atoms with van der Waals surface area (Å²) in [5.41, 5.74) is 0.0910. The van der Waals surface area contributed by atoms with E-state index in [4.69, 9.17) is 25.6 Å². The lowest BCUT2D eigenvalue weighted by Crippen LogP contribution is -2.14. The zero-order valence-corrected chi connectivity index (χ0v) is 18.5. The van der Waals surface area contributed by atoms with E-state index in [0.29, 0.717) is 19.8 Å². The number of epoxide rings is 2. The third-order valence-corrected chi connectivity index (χ3v) is 6.18. The summed E-state index contributed by atoms with van der Waals surface area (Å²) >= 11 is 5.71. The van der Waals surface area contributed by atoms with Crippen LogP contribution < -0.4 is 0 Å². The molecule has 2 aromatic rings. The third-order valence-electron chi connectivity index (χ3n) is 4.88. The summed E-state index contributed by atoms with van der Waals surface area (Å²) in [5.74, 6) is -0.237. The number of nitrogens with zero attached hydrogens (tertiary/aromatic N) is 4. The number of hydrogen-bond donors (Lipinski definition) is 1. The second-order valence-corrected chi connectivity index (χ2v) is 9.30. The number of nitro benzene ring substituents is 1. The molecular weight excluding hydrogens is 472 g/mol. The number of benzene rings is 1. The monoisotopic (exact) mass is 490 g/mol. The number of aromatic nitrogens is 2. The Balaban J connectivity index is 0.000000186. The smallest absolute Gasteiger partial charge is 0.373 e. The van der Waals surface area contributed by atoms with Crippen LogP contribution in [-0.2, 0) is 32.6 Å². The van der Waals surface area contributed by atoms with Crippen molar-refractivity contribution < 1.29 is 32.3 Å². The van der Waals surface area contributed by atoms with Gasteiger partial charge in [0.25, 0.3) is 15.8 Å². The van der Waals surface area contributed by atoms with Gasteiger partial charge in [-0.05, 0) is 47.0 Å². The van der Waals surface area contributed by atoms with Gasteiger partial charge < -0.3 is 19.6 Å². The number of rotatable bonds is 7. The molecule has 13 nitrogen and oxygen atoms in total. The van der Waals surface area contributed by atoms with Crippen LogP contribution in [0, 0.1) is 27.2 Å². The zero-order chi connectivity index (χ0) is 23.8. The van der Waals surface area contributed by atoms with Crippen molar-refractivity contribution in [3.63, 3.8) is 0 Å². The molecule has 0 aliphatic carbocycles. The van der Waals surface area contributed by atoms with Gasteiger partial charge in [-0.2, -0.15) is 8.42 Å². The highest BCUT2D eigenvalue weighted by atomic mass is 35.5. The molecule has 2 aliphatic heterocycles. The highest BCUT2D eigenvalue weighted by molar-refractivity contribution is 7.85. The molecule has 0 saturated carbocycles. The van der Waals surface area contributed by atoms with E-state index in [1.807, 2.05) is 6.92 Å². The van der Waals surface area contributed by atoms with E-state index in [-0.39, 0.29) is 50.9 Å². The summed E-state index contributed by atoms with van der Waals surface area (Å²) < 4.78 is 43.0. The largest absolute Gasteiger partial charge is 0.383 e. The van der Waals surface area contributed by atoms with Gasteiger partial charge in [-0.1, -0.05) is 0 Å². The van der Waals surface area contributed by atoms with E-state index in [1.165, 1.54) is 17.7 Å². The Hall–Kier alpha value is -2.65. The van der Waals surface area contributed by atoms with Crippen molar-refractivity contribution in [3.05, 3.63) is 55.0 Å². The zero-order valence-electron chi connectivity index (χ0n) is 16.9. The number of halogens is 1. The molecule has 32 heavy (non-hydrogen) atoms. The molecule has 0 amide bonds. The second kappa shape index (κ2) is 8.71. The van der Waals surface area contributed by atoms with Gasteiger partial charge in [-0.3, -0.25) is 19.2 Å². The molecule has 2 saturated heterocycles. The number of hydrogen-bond acceptors (Lipinski definition) is 9. The van der Waals surface area contributed by atoms with Crippen molar-refractivity contribution >= 4 is 33.2 Å². The van der Waals surface area contributed by atoms with Gasteiger partial charge in [-0.15, -0.1) is 0 Å². The molecule has 0 bridgehead atoms. The summed E-state index contributed by atoms with van der Waals surface area (Å²) in [4.78, 5) is 23.4. The number of nitro groups is 2. The maximum atomic E-state index is 11.1. The minimum absolute atomic E-state index is 0.112. The average Bonchev–Trinajstić information content (AvgIpc) is 3.59. The van der Waals surface area contributed by atoms with Crippen LogP contribution in [-0.4, -0.2) is 57.3 Å². The molecule has 2 atom stereocenters. The maximum absolute atomic E-state index is 11.1. The molecular formula is C17H19ClN4O9S. The molecule has 1 aromatic heterocycles. The number of ether oxygens (including phenoxy) is 2. The van der Waals surface area contributed by atoms with Gasteiger partial charge in [0.05, 0.1) is 35.7 Å². The van der Waals surface area contributed by atoms with Crippen molar-refractivity contribution in [2.24, 2.45) is 0 Å². The summed E-state index contributed by atoms with van der Waals surface area (Å²) in [6.07, 6.45) is 1.47.